The van der Waals surface area contributed by atoms with E-state index in [0.717, 1.165) is 29.1 Å². The Morgan fingerprint density at radius 1 is 0.588 bits per heavy atom. The highest BCUT2D eigenvalue weighted by Gasteiger charge is 2.23. The molecule has 0 amide bonds. The maximum atomic E-state index is 4.78. The number of unbranched alkanes of at least 4 members (excludes halogenated alkanes) is 4. The van der Waals surface area contributed by atoms with Crippen LogP contribution in [0.1, 0.15) is 140 Å². The fraction of sp³-hybridized carbons (Fsp3) is 0.688. The molecule has 2 aliphatic carbocycles. The third kappa shape index (κ3) is 7.15. The van der Waals surface area contributed by atoms with Gasteiger partial charge < -0.3 is 0 Å². The van der Waals surface area contributed by atoms with Gasteiger partial charge in [-0.05, 0) is 86.2 Å². The molecule has 1 aromatic carbocycles. The van der Waals surface area contributed by atoms with Gasteiger partial charge in [0, 0.05) is 18.0 Å². The first-order valence-corrected chi connectivity index (χ1v) is 14.7. The number of benzene rings is 1. The highest BCUT2D eigenvalue weighted by molar-refractivity contribution is 5.55. The van der Waals surface area contributed by atoms with E-state index in [0.29, 0.717) is 5.92 Å². The van der Waals surface area contributed by atoms with E-state index in [1.165, 1.54) is 114 Å². The van der Waals surface area contributed by atoms with Gasteiger partial charge in [-0.15, -0.1) is 0 Å². The zero-order valence-corrected chi connectivity index (χ0v) is 22.0. The molecule has 1 aromatic heterocycles. The molecular formula is C32H48N2. The van der Waals surface area contributed by atoms with Crippen LogP contribution in [0.5, 0.6) is 0 Å². The predicted octanol–water partition coefficient (Wildman–Crippen LogP) is 9.85. The van der Waals surface area contributed by atoms with Crippen molar-refractivity contribution in [1.82, 2.24) is 9.97 Å². The standard InChI is InChI=1S/C32H48N2/c1-3-5-6-7-8-10-26-13-17-29(18-14-26)31-23-33-32(34-24-31)30-21-19-28(20-22-30)27-15-11-25(9-4-2)12-16-27/h19-27,29H,3-18H2,1-2H3. The summed E-state index contributed by atoms with van der Waals surface area (Å²) in [5, 5.41) is 0. The van der Waals surface area contributed by atoms with Gasteiger partial charge in [-0.2, -0.15) is 0 Å². The Labute approximate surface area is 209 Å². The number of nitrogens with zero attached hydrogens (tertiary/aromatic N) is 2. The summed E-state index contributed by atoms with van der Waals surface area (Å²) in [4.78, 5) is 9.57. The van der Waals surface area contributed by atoms with Crippen LogP contribution in [0.25, 0.3) is 11.4 Å². The van der Waals surface area contributed by atoms with E-state index in [-0.39, 0.29) is 0 Å². The van der Waals surface area contributed by atoms with Crippen LogP contribution in [-0.4, -0.2) is 9.97 Å². The second kappa shape index (κ2) is 13.4. The Balaban J connectivity index is 1.24. The van der Waals surface area contributed by atoms with Gasteiger partial charge in [0.1, 0.15) is 0 Å². The van der Waals surface area contributed by atoms with Crippen molar-refractivity contribution in [3.8, 4) is 11.4 Å². The topological polar surface area (TPSA) is 25.8 Å². The number of rotatable bonds is 11. The van der Waals surface area contributed by atoms with Gasteiger partial charge >= 0.3 is 0 Å². The molecule has 0 N–H and O–H groups in total. The Bertz CT molecular complexity index is 809. The van der Waals surface area contributed by atoms with Crippen molar-refractivity contribution in [1.29, 1.82) is 0 Å². The van der Waals surface area contributed by atoms with Gasteiger partial charge in [0.2, 0.25) is 0 Å². The molecule has 0 atom stereocenters. The first-order chi connectivity index (χ1) is 16.8. The lowest BCUT2D eigenvalue weighted by molar-refractivity contribution is 0.301. The van der Waals surface area contributed by atoms with Gasteiger partial charge in [-0.1, -0.05) is 89.5 Å². The molecule has 186 valence electrons. The lowest BCUT2D eigenvalue weighted by atomic mass is 9.77. The number of hydrogen-bond donors (Lipinski definition) is 0. The average molecular weight is 461 g/mol. The Hall–Kier alpha value is -1.70. The van der Waals surface area contributed by atoms with Gasteiger partial charge in [-0.25, -0.2) is 9.97 Å². The van der Waals surface area contributed by atoms with Crippen LogP contribution in [0.3, 0.4) is 0 Å². The molecule has 0 aliphatic heterocycles. The molecule has 2 heteroatoms. The van der Waals surface area contributed by atoms with Crippen molar-refractivity contribution in [3.05, 3.63) is 47.8 Å². The van der Waals surface area contributed by atoms with E-state index in [1.807, 2.05) is 0 Å². The van der Waals surface area contributed by atoms with Gasteiger partial charge in [-0.3, -0.25) is 0 Å². The van der Waals surface area contributed by atoms with Gasteiger partial charge in [0.25, 0.3) is 0 Å². The smallest absolute Gasteiger partial charge is 0.159 e. The van der Waals surface area contributed by atoms with Gasteiger partial charge in [0.15, 0.2) is 5.82 Å². The summed E-state index contributed by atoms with van der Waals surface area (Å²) in [6.45, 7) is 4.62. The molecule has 0 spiro atoms. The summed E-state index contributed by atoms with van der Waals surface area (Å²) in [7, 11) is 0. The summed E-state index contributed by atoms with van der Waals surface area (Å²) in [6.07, 6.45) is 26.4. The predicted molar refractivity (Wildman–Crippen MR) is 145 cm³/mol. The molecule has 0 saturated heterocycles. The van der Waals surface area contributed by atoms with Crippen molar-refractivity contribution in [2.75, 3.05) is 0 Å². The molecule has 2 nitrogen and oxygen atoms in total. The monoisotopic (exact) mass is 460 g/mol. The van der Waals surface area contributed by atoms with E-state index in [4.69, 9.17) is 9.97 Å². The molecule has 2 fully saturated rings. The Kier molecular flexibility index (Phi) is 10.0. The van der Waals surface area contributed by atoms with Crippen LogP contribution in [-0.2, 0) is 0 Å². The second-order valence-corrected chi connectivity index (χ2v) is 11.4. The maximum Gasteiger partial charge on any atom is 0.159 e. The lowest BCUT2D eigenvalue weighted by Crippen LogP contribution is -2.14. The number of aromatic nitrogens is 2. The molecule has 2 aromatic rings. The molecule has 0 radical (unpaired) electrons. The minimum absolute atomic E-state index is 0.663. The highest BCUT2D eigenvalue weighted by Crippen LogP contribution is 2.39. The highest BCUT2D eigenvalue weighted by atomic mass is 14.9. The van der Waals surface area contributed by atoms with Crippen LogP contribution in [0.2, 0.25) is 0 Å². The normalized spacial score (nSPS) is 25.4. The summed E-state index contributed by atoms with van der Waals surface area (Å²) in [5.41, 5.74) is 4.02. The lowest BCUT2D eigenvalue weighted by Gasteiger charge is -2.29. The van der Waals surface area contributed by atoms with Crippen LogP contribution >= 0.6 is 0 Å². The number of hydrogen-bond acceptors (Lipinski definition) is 2. The summed E-state index contributed by atoms with van der Waals surface area (Å²) >= 11 is 0. The minimum atomic E-state index is 0.663. The second-order valence-electron chi connectivity index (χ2n) is 11.4. The van der Waals surface area contributed by atoms with E-state index in [9.17, 15) is 0 Å². The molecule has 0 bridgehead atoms. The van der Waals surface area contributed by atoms with Crippen molar-refractivity contribution in [2.45, 2.75) is 128 Å². The average Bonchev–Trinajstić information content (AvgIpc) is 2.90. The summed E-state index contributed by atoms with van der Waals surface area (Å²) in [6, 6.07) is 9.16. The fourth-order valence-corrected chi connectivity index (χ4v) is 6.62. The molecule has 4 rings (SSSR count). The Morgan fingerprint density at radius 3 is 1.74 bits per heavy atom. The summed E-state index contributed by atoms with van der Waals surface area (Å²) < 4.78 is 0. The van der Waals surface area contributed by atoms with Crippen LogP contribution in [0, 0.1) is 11.8 Å². The first kappa shape index (κ1) is 25.4. The van der Waals surface area contributed by atoms with Crippen LogP contribution < -0.4 is 0 Å². The fourth-order valence-electron chi connectivity index (χ4n) is 6.62. The van der Waals surface area contributed by atoms with Crippen LogP contribution in [0.4, 0.5) is 0 Å². The zero-order valence-electron chi connectivity index (χ0n) is 22.0. The minimum Gasteiger partial charge on any atom is -0.236 e. The van der Waals surface area contributed by atoms with Crippen LogP contribution in [0.15, 0.2) is 36.7 Å². The van der Waals surface area contributed by atoms with E-state index < -0.39 is 0 Å². The van der Waals surface area contributed by atoms with E-state index >= 15 is 0 Å². The summed E-state index contributed by atoms with van der Waals surface area (Å²) in [5.74, 6) is 4.21. The van der Waals surface area contributed by atoms with Crippen molar-refractivity contribution in [3.63, 3.8) is 0 Å². The maximum absolute atomic E-state index is 4.78. The van der Waals surface area contributed by atoms with Crippen molar-refractivity contribution in [2.24, 2.45) is 11.8 Å². The largest absolute Gasteiger partial charge is 0.236 e. The molecular weight excluding hydrogens is 412 g/mol. The van der Waals surface area contributed by atoms with E-state index in [1.54, 1.807) is 0 Å². The van der Waals surface area contributed by atoms with Crippen molar-refractivity contribution < 1.29 is 0 Å². The quantitative estimate of drug-likeness (QED) is 0.312. The molecule has 1 heterocycles. The third-order valence-corrected chi connectivity index (χ3v) is 8.89. The Morgan fingerprint density at radius 2 is 1.15 bits per heavy atom. The molecule has 0 unspecified atom stereocenters. The van der Waals surface area contributed by atoms with Gasteiger partial charge in [0.05, 0.1) is 0 Å². The molecule has 2 saturated carbocycles. The van der Waals surface area contributed by atoms with E-state index in [2.05, 4.69) is 50.5 Å². The zero-order chi connectivity index (χ0) is 23.6. The molecule has 34 heavy (non-hydrogen) atoms. The third-order valence-electron chi connectivity index (χ3n) is 8.89. The van der Waals surface area contributed by atoms with Crippen molar-refractivity contribution >= 4 is 0 Å². The SMILES string of the molecule is CCCCCCCC1CCC(c2cnc(-c3ccc(C4CCC(CCC)CC4)cc3)nc2)CC1. The molecule has 2 aliphatic rings. The first-order valence-electron chi connectivity index (χ1n) is 14.7.